The molecular formula is C11H17N3O2S2. The number of aromatic nitrogens is 1. The highest BCUT2D eigenvalue weighted by Gasteiger charge is 2.18. The SMILES string of the molecule is CN(C)S(=O)(=O)c1ccc(NC2CCSC2)nc1. The summed E-state index contributed by atoms with van der Waals surface area (Å²) >= 11 is 1.92. The van der Waals surface area contributed by atoms with Gasteiger partial charge in [0.1, 0.15) is 10.7 Å². The molecule has 1 unspecified atom stereocenters. The maximum atomic E-state index is 11.8. The fraction of sp³-hybridized carbons (Fsp3) is 0.545. The van der Waals surface area contributed by atoms with Crippen LogP contribution in [0.4, 0.5) is 5.82 Å². The highest BCUT2D eigenvalue weighted by Crippen LogP contribution is 2.21. The molecule has 0 aromatic carbocycles. The van der Waals surface area contributed by atoms with E-state index in [1.807, 2.05) is 11.8 Å². The lowest BCUT2D eigenvalue weighted by Gasteiger charge is -2.13. The van der Waals surface area contributed by atoms with Crippen LogP contribution in [0.2, 0.25) is 0 Å². The van der Waals surface area contributed by atoms with Gasteiger partial charge < -0.3 is 5.32 Å². The molecule has 100 valence electrons. The Bertz CT molecular complexity index is 494. The standard InChI is InChI=1S/C11H17N3O2S2/c1-14(2)18(15,16)10-3-4-11(12-7-10)13-9-5-6-17-8-9/h3-4,7,9H,5-6,8H2,1-2H3,(H,12,13). The van der Waals surface area contributed by atoms with E-state index in [1.165, 1.54) is 30.4 Å². The maximum absolute atomic E-state index is 11.8. The van der Waals surface area contributed by atoms with E-state index in [1.54, 1.807) is 12.1 Å². The van der Waals surface area contributed by atoms with Gasteiger partial charge in [-0.1, -0.05) is 0 Å². The number of nitrogens with one attached hydrogen (secondary N) is 1. The Labute approximate surface area is 112 Å². The van der Waals surface area contributed by atoms with E-state index in [9.17, 15) is 8.42 Å². The van der Waals surface area contributed by atoms with Crippen LogP contribution in [0.1, 0.15) is 6.42 Å². The molecule has 0 spiro atoms. The zero-order valence-electron chi connectivity index (χ0n) is 10.5. The lowest BCUT2D eigenvalue weighted by molar-refractivity contribution is 0.520. The van der Waals surface area contributed by atoms with Crippen molar-refractivity contribution in [2.45, 2.75) is 17.4 Å². The Morgan fingerprint density at radius 2 is 2.22 bits per heavy atom. The average Bonchev–Trinajstić information content (AvgIpc) is 2.82. The van der Waals surface area contributed by atoms with E-state index < -0.39 is 10.0 Å². The van der Waals surface area contributed by atoms with Crippen molar-refractivity contribution >= 4 is 27.6 Å². The maximum Gasteiger partial charge on any atom is 0.244 e. The normalized spacial score (nSPS) is 20.3. The molecule has 1 aromatic heterocycles. The molecule has 5 nitrogen and oxygen atoms in total. The zero-order chi connectivity index (χ0) is 13.2. The Balaban J connectivity index is 2.10. The second-order valence-corrected chi connectivity index (χ2v) is 7.67. The van der Waals surface area contributed by atoms with Crippen molar-refractivity contribution in [3.05, 3.63) is 18.3 Å². The first-order chi connectivity index (χ1) is 8.50. The van der Waals surface area contributed by atoms with Crippen molar-refractivity contribution < 1.29 is 8.42 Å². The molecule has 0 aliphatic carbocycles. The van der Waals surface area contributed by atoms with Crippen LogP contribution in [0.5, 0.6) is 0 Å². The van der Waals surface area contributed by atoms with Crippen molar-refractivity contribution in [3.8, 4) is 0 Å². The summed E-state index contributed by atoms with van der Waals surface area (Å²) in [6, 6.07) is 3.75. The molecule has 18 heavy (non-hydrogen) atoms. The number of hydrogen-bond acceptors (Lipinski definition) is 5. The van der Waals surface area contributed by atoms with Crippen molar-refractivity contribution in [3.63, 3.8) is 0 Å². The minimum absolute atomic E-state index is 0.221. The topological polar surface area (TPSA) is 62.3 Å². The van der Waals surface area contributed by atoms with Gasteiger partial charge in [0.25, 0.3) is 0 Å². The first-order valence-electron chi connectivity index (χ1n) is 5.73. The first-order valence-corrected chi connectivity index (χ1v) is 8.32. The van der Waals surface area contributed by atoms with Gasteiger partial charge in [0.15, 0.2) is 0 Å². The second-order valence-electron chi connectivity index (χ2n) is 4.37. The van der Waals surface area contributed by atoms with E-state index in [-0.39, 0.29) is 4.90 Å². The van der Waals surface area contributed by atoms with Gasteiger partial charge in [0.2, 0.25) is 10.0 Å². The summed E-state index contributed by atoms with van der Waals surface area (Å²) in [4.78, 5) is 4.39. The monoisotopic (exact) mass is 287 g/mol. The molecule has 1 saturated heterocycles. The van der Waals surface area contributed by atoms with Crippen molar-refractivity contribution in [1.29, 1.82) is 0 Å². The van der Waals surface area contributed by atoms with E-state index in [0.717, 1.165) is 18.0 Å². The lowest BCUT2D eigenvalue weighted by Crippen LogP contribution is -2.23. The van der Waals surface area contributed by atoms with Gasteiger partial charge in [0, 0.05) is 32.1 Å². The number of pyridine rings is 1. The number of rotatable bonds is 4. The Kier molecular flexibility index (Phi) is 4.14. The van der Waals surface area contributed by atoms with Crippen molar-refractivity contribution in [2.24, 2.45) is 0 Å². The third-order valence-corrected chi connectivity index (χ3v) is 5.76. The number of nitrogens with zero attached hydrogens (tertiary/aromatic N) is 2. The quantitative estimate of drug-likeness (QED) is 0.903. The van der Waals surface area contributed by atoms with Gasteiger partial charge in [-0.05, 0) is 24.3 Å². The van der Waals surface area contributed by atoms with E-state index in [4.69, 9.17) is 0 Å². The van der Waals surface area contributed by atoms with E-state index >= 15 is 0 Å². The van der Waals surface area contributed by atoms with Crippen LogP contribution >= 0.6 is 11.8 Å². The molecule has 1 fully saturated rings. The Morgan fingerprint density at radius 1 is 1.44 bits per heavy atom. The molecule has 7 heteroatoms. The number of anilines is 1. The molecule has 0 amide bonds. The number of sulfonamides is 1. The highest BCUT2D eigenvalue weighted by molar-refractivity contribution is 7.99. The van der Waals surface area contributed by atoms with Crippen LogP contribution in [-0.4, -0.2) is 49.3 Å². The molecule has 0 radical (unpaired) electrons. The van der Waals surface area contributed by atoms with Crippen LogP contribution < -0.4 is 5.32 Å². The largest absolute Gasteiger partial charge is 0.366 e. The molecule has 1 aliphatic heterocycles. The van der Waals surface area contributed by atoms with Crippen LogP contribution in [0.15, 0.2) is 23.2 Å². The Morgan fingerprint density at radius 3 is 2.72 bits per heavy atom. The summed E-state index contributed by atoms with van der Waals surface area (Å²) in [5, 5.41) is 3.31. The van der Waals surface area contributed by atoms with Crippen molar-refractivity contribution in [2.75, 3.05) is 30.9 Å². The summed E-state index contributed by atoms with van der Waals surface area (Å²) in [7, 11) is -0.360. The Hall–Kier alpha value is -0.790. The summed E-state index contributed by atoms with van der Waals surface area (Å²) < 4.78 is 24.9. The van der Waals surface area contributed by atoms with Gasteiger partial charge in [-0.2, -0.15) is 11.8 Å². The minimum Gasteiger partial charge on any atom is -0.366 e. The fourth-order valence-electron chi connectivity index (χ4n) is 1.69. The van der Waals surface area contributed by atoms with Gasteiger partial charge in [-0.3, -0.25) is 0 Å². The molecule has 1 aliphatic rings. The molecule has 2 rings (SSSR count). The smallest absolute Gasteiger partial charge is 0.244 e. The molecule has 1 N–H and O–H groups in total. The predicted molar refractivity (Wildman–Crippen MR) is 74.5 cm³/mol. The van der Waals surface area contributed by atoms with Crippen LogP contribution in [0.25, 0.3) is 0 Å². The third kappa shape index (κ3) is 2.96. The molecule has 1 atom stereocenters. The molecule has 1 aromatic rings. The number of thioether (sulfide) groups is 1. The van der Waals surface area contributed by atoms with Gasteiger partial charge in [-0.15, -0.1) is 0 Å². The molecule has 2 heterocycles. The van der Waals surface area contributed by atoms with Gasteiger partial charge in [0.05, 0.1) is 0 Å². The summed E-state index contributed by atoms with van der Waals surface area (Å²) in [6.45, 7) is 0. The van der Waals surface area contributed by atoms with E-state index in [2.05, 4.69) is 10.3 Å². The molecule has 0 bridgehead atoms. The lowest BCUT2D eigenvalue weighted by atomic mass is 10.2. The van der Waals surface area contributed by atoms with E-state index in [0.29, 0.717) is 6.04 Å². The fourth-order valence-corrected chi connectivity index (χ4v) is 3.69. The number of hydrogen-bond donors (Lipinski definition) is 1. The zero-order valence-corrected chi connectivity index (χ0v) is 12.1. The average molecular weight is 287 g/mol. The summed E-state index contributed by atoms with van der Waals surface area (Å²) in [5.74, 6) is 2.99. The summed E-state index contributed by atoms with van der Waals surface area (Å²) in [5.41, 5.74) is 0. The first kappa shape index (κ1) is 13.6. The van der Waals surface area contributed by atoms with Crippen LogP contribution in [0.3, 0.4) is 0 Å². The van der Waals surface area contributed by atoms with Crippen molar-refractivity contribution in [1.82, 2.24) is 9.29 Å². The van der Waals surface area contributed by atoms with Gasteiger partial charge in [-0.25, -0.2) is 17.7 Å². The highest BCUT2D eigenvalue weighted by atomic mass is 32.2. The third-order valence-electron chi connectivity index (χ3n) is 2.80. The predicted octanol–water partition coefficient (Wildman–Crippen LogP) is 1.25. The molecule has 0 saturated carbocycles. The second kappa shape index (κ2) is 5.46. The minimum atomic E-state index is -3.38. The summed E-state index contributed by atoms with van der Waals surface area (Å²) in [6.07, 6.45) is 2.53. The van der Waals surface area contributed by atoms with Crippen LogP contribution in [0, 0.1) is 0 Å². The molecular weight excluding hydrogens is 270 g/mol. The van der Waals surface area contributed by atoms with Crippen LogP contribution in [-0.2, 0) is 10.0 Å². The van der Waals surface area contributed by atoms with Gasteiger partial charge >= 0.3 is 0 Å².